The van der Waals surface area contributed by atoms with E-state index in [0.717, 1.165) is 16.0 Å². The lowest BCUT2D eigenvalue weighted by Gasteiger charge is -2.18. The zero-order chi connectivity index (χ0) is 19.3. The minimum Gasteiger partial charge on any atom is -0.394 e. The second-order valence-corrected chi connectivity index (χ2v) is 6.24. The smallest absolute Gasteiger partial charge is 0.286 e. The Balaban J connectivity index is 2.13. The molecular formula is C15H18N4O6S. The highest BCUT2D eigenvalue weighted by atomic mass is 32.1. The first-order chi connectivity index (χ1) is 12.3. The van der Waals surface area contributed by atoms with Crippen molar-refractivity contribution in [3.63, 3.8) is 0 Å². The Bertz CT molecular complexity index is 745. The molecule has 0 bridgehead atoms. The SMILES string of the molecule is CC(=O)N1C(=O)/C(=C/c2cccs2)N=C1N/N=C/[C@H](O)[C@@H](O)[C@@H](O)CO. The van der Waals surface area contributed by atoms with E-state index >= 15 is 0 Å². The molecular weight excluding hydrogens is 364 g/mol. The van der Waals surface area contributed by atoms with Crippen LogP contribution in [0.3, 0.4) is 0 Å². The van der Waals surface area contributed by atoms with Gasteiger partial charge in [0.2, 0.25) is 11.9 Å². The number of carbonyl (C=O) groups excluding carboxylic acids is 2. The van der Waals surface area contributed by atoms with E-state index in [4.69, 9.17) is 5.11 Å². The van der Waals surface area contributed by atoms with Gasteiger partial charge in [-0.2, -0.15) is 5.10 Å². The van der Waals surface area contributed by atoms with E-state index in [1.807, 2.05) is 5.38 Å². The van der Waals surface area contributed by atoms with Crippen LogP contribution in [-0.2, 0) is 9.59 Å². The number of amides is 2. The van der Waals surface area contributed by atoms with Crippen molar-refractivity contribution in [3.05, 3.63) is 28.1 Å². The number of guanidine groups is 1. The van der Waals surface area contributed by atoms with Gasteiger partial charge in [-0.1, -0.05) is 6.07 Å². The van der Waals surface area contributed by atoms with Crippen molar-refractivity contribution in [1.82, 2.24) is 10.3 Å². The molecule has 3 atom stereocenters. The molecule has 1 aromatic heterocycles. The lowest BCUT2D eigenvalue weighted by Crippen LogP contribution is -2.43. The number of hydrazone groups is 1. The number of hydrogen-bond acceptors (Lipinski definition) is 10. The highest BCUT2D eigenvalue weighted by molar-refractivity contribution is 7.10. The van der Waals surface area contributed by atoms with Crippen LogP contribution in [0.1, 0.15) is 11.8 Å². The zero-order valence-electron chi connectivity index (χ0n) is 13.7. The molecule has 2 amide bonds. The lowest BCUT2D eigenvalue weighted by molar-refractivity contribution is -0.135. The number of aliphatic hydroxyl groups is 4. The van der Waals surface area contributed by atoms with Crippen molar-refractivity contribution in [2.75, 3.05) is 6.61 Å². The van der Waals surface area contributed by atoms with Crippen LogP contribution in [-0.4, -0.2) is 74.2 Å². The van der Waals surface area contributed by atoms with Crippen LogP contribution in [0.25, 0.3) is 6.08 Å². The van der Waals surface area contributed by atoms with Crippen molar-refractivity contribution in [2.24, 2.45) is 10.1 Å². The number of carbonyl (C=O) groups is 2. The number of rotatable bonds is 6. The highest BCUT2D eigenvalue weighted by Gasteiger charge is 2.33. The fraction of sp³-hybridized carbons (Fsp3) is 0.333. The first-order valence-electron chi connectivity index (χ1n) is 7.48. The standard InChI is InChI=1S/C15H18N4O6S/c1-8(21)19-14(25)10(5-9-3-2-4-26-9)17-15(19)18-16-6-11(22)13(24)12(23)7-20/h2-6,11-13,20,22-24H,7H2,1H3,(H,17,18)/b10-5-,16-6+/t11-,12-,13+/m0/s1. The summed E-state index contributed by atoms with van der Waals surface area (Å²) in [6.45, 7) is 0.443. The van der Waals surface area contributed by atoms with Crippen LogP contribution in [0.4, 0.5) is 0 Å². The fourth-order valence-corrected chi connectivity index (χ4v) is 2.64. The Morgan fingerprint density at radius 1 is 1.46 bits per heavy atom. The molecule has 0 saturated heterocycles. The van der Waals surface area contributed by atoms with Crippen LogP contribution in [0, 0.1) is 0 Å². The van der Waals surface area contributed by atoms with E-state index in [1.54, 1.807) is 12.1 Å². The third-order valence-corrected chi connectivity index (χ3v) is 4.14. The second-order valence-electron chi connectivity index (χ2n) is 5.26. The third-order valence-electron chi connectivity index (χ3n) is 3.32. The molecule has 26 heavy (non-hydrogen) atoms. The molecule has 140 valence electrons. The molecule has 10 nitrogen and oxygen atoms in total. The molecule has 0 aliphatic carbocycles. The van der Waals surface area contributed by atoms with Crippen molar-refractivity contribution in [3.8, 4) is 0 Å². The van der Waals surface area contributed by atoms with Gasteiger partial charge in [0.25, 0.3) is 5.91 Å². The number of nitrogens with one attached hydrogen (secondary N) is 1. The van der Waals surface area contributed by atoms with Crippen molar-refractivity contribution < 1.29 is 30.0 Å². The van der Waals surface area contributed by atoms with Gasteiger partial charge in [-0.3, -0.25) is 9.59 Å². The summed E-state index contributed by atoms with van der Waals surface area (Å²) >= 11 is 1.40. The average Bonchev–Trinajstić information content (AvgIpc) is 3.22. The van der Waals surface area contributed by atoms with Gasteiger partial charge in [0.1, 0.15) is 24.0 Å². The Morgan fingerprint density at radius 2 is 2.19 bits per heavy atom. The van der Waals surface area contributed by atoms with Crippen LogP contribution >= 0.6 is 11.3 Å². The molecule has 1 aliphatic heterocycles. The topological polar surface area (TPSA) is 155 Å². The van der Waals surface area contributed by atoms with E-state index in [1.165, 1.54) is 24.3 Å². The predicted octanol–water partition coefficient (Wildman–Crippen LogP) is -1.52. The first kappa shape index (κ1) is 19.9. The Morgan fingerprint density at radius 3 is 2.77 bits per heavy atom. The molecule has 0 fully saturated rings. The molecule has 1 aromatic rings. The van der Waals surface area contributed by atoms with Crippen molar-refractivity contribution in [1.29, 1.82) is 0 Å². The number of nitrogens with zero attached hydrogens (tertiary/aromatic N) is 3. The molecule has 0 radical (unpaired) electrons. The van der Waals surface area contributed by atoms with E-state index < -0.39 is 36.7 Å². The molecule has 11 heteroatoms. The maximum Gasteiger partial charge on any atom is 0.286 e. The minimum atomic E-state index is -1.66. The van der Waals surface area contributed by atoms with Gasteiger partial charge in [-0.15, -0.1) is 11.3 Å². The van der Waals surface area contributed by atoms with Gasteiger partial charge in [0, 0.05) is 11.8 Å². The number of aliphatic imine (C=N–C) groups is 1. The monoisotopic (exact) mass is 382 g/mol. The minimum absolute atomic E-state index is 0.0386. The average molecular weight is 382 g/mol. The van der Waals surface area contributed by atoms with E-state index in [9.17, 15) is 24.9 Å². The largest absolute Gasteiger partial charge is 0.394 e. The number of imide groups is 1. The molecule has 0 unspecified atom stereocenters. The summed E-state index contributed by atoms with van der Waals surface area (Å²) in [5, 5.41) is 42.6. The highest BCUT2D eigenvalue weighted by Crippen LogP contribution is 2.20. The number of aliphatic hydroxyl groups excluding tert-OH is 4. The third kappa shape index (κ3) is 4.59. The van der Waals surface area contributed by atoms with Crippen LogP contribution < -0.4 is 5.43 Å². The summed E-state index contributed by atoms with van der Waals surface area (Å²) in [5.41, 5.74) is 2.39. The van der Waals surface area contributed by atoms with Crippen LogP contribution in [0.15, 0.2) is 33.3 Å². The Labute approximate surface area is 152 Å². The van der Waals surface area contributed by atoms with Gasteiger partial charge < -0.3 is 20.4 Å². The number of hydrogen-bond donors (Lipinski definition) is 5. The Hall–Kier alpha value is -2.44. The summed E-state index contributed by atoms with van der Waals surface area (Å²) < 4.78 is 0. The molecule has 1 aliphatic rings. The summed E-state index contributed by atoms with van der Waals surface area (Å²) in [6.07, 6.45) is -2.42. The molecule has 5 N–H and O–H groups in total. The van der Waals surface area contributed by atoms with Crippen molar-refractivity contribution >= 4 is 41.4 Å². The zero-order valence-corrected chi connectivity index (χ0v) is 14.5. The first-order valence-corrected chi connectivity index (χ1v) is 8.36. The van der Waals surface area contributed by atoms with E-state index in [-0.39, 0.29) is 11.7 Å². The maximum absolute atomic E-state index is 12.3. The summed E-state index contributed by atoms with van der Waals surface area (Å²) in [5.74, 6) is -1.37. The van der Waals surface area contributed by atoms with Crippen LogP contribution in [0.2, 0.25) is 0 Å². The summed E-state index contributed by atoms with van der Waals surface area (Å²) in [7, 11) is 0. The molecule has 2 rings (SSSR count). The normalized spacial score (nSPS) is 19.7. The molecule has 0 aromatic carbocycles. The quantitative estimate of drug-likeness (QED) is 0.227. The van der Waals surface area contributed by atoms with Crippen LogP contribution in [0.5, 0.6) is 0 Å². The molecule has 0 spiro atoms. The lowest BCUT2D eigenvalue weighted by atomic mass is 10.1. The predicted molar refractivity (Wildman–Crippen MR) is 94.0 cm³/mol. The second kappa shape index (κ2) is 8.78. The van der Waals surface area contributed by atoms with Gasteiger partial charge in [0.05, 0.1) is 12.8 Å². The van der Waals surface area contributed by atoms with E-state index in [0.29, 0.717) is 0 Å². The molecule has 0 saturated carbocycles. The van der Waals surface area contributed by atoms with Gasteiger partial charge >= 0.3 is 0 Å². The molecule has 2 heterocycles. The van der Waals surface area contributed by atoms with Gasteiger partial charge in [-0.05, 0) is 17.5 Å². The fourth-order valence-electron chi connectivity index (χ4n) is 1.99. The van der Waals surface area contributed by atoms with Gasteiger partial charge in [-0.25, -0.2) is 15.3 Å². The summed E-state index contributed by atoms with van der Waals surface area (Å²) in [4.78, 5) is 29.6. The van der Waals surface area contributed by atoms with Gasteiger partial charge in [0.15, 0.2) is 0 Å². The Kier molecular flexibility index (Phi) is 6.71. The number of thiophene rings is 1. The van der Waals surface area contributed by atoms with Crippen molar-refractivity contribution in [2.45, 2.75) is 25.2 Å². The summed E-state index contributed by atoms with van der Waals surface area (Å²) in [6, 6.07) is 3.59. The maximum atomic E-state index is 12.3. The van der Waals surface area contributed by atoms with E-state index in [2.05, 4.69) is 15.5 Å².